The zero-order chi connectivity index (χ0) is 24.6. The van der Waals surface area contributed by atoms with Crippen molar-refractivity contribution in [1.29, 1.82) is 0 Å². The number of hydrogen-bond donors (Lipinski definition) is 3. The molecular weight excluding hydrogens is 442 g/mol. The average molecular weight is 474 g/mol. The van der Waals surface area contributed by atoms with E-state index in [1.54, 1.807) is 11.8 Å². The molecule has 0 spiro atoms. The summed E-state index contributed by atoms with van der Waals surface area (Å²) in [5.41, 5.74) is -0.992. The monoisotopic (exact) mass is 473 g/mol. The third-order valence-corrected chi connectivity index (χ3v) is 6.11. The Kier molecular flexibility index (Phi) is 8.64. The van der Waals surface area contributed by atoms with Gasteiger partial charge < -0.3 is 29.6 Å². The summed E-state index contributed by atoms with van der Waals surface area (Å²) >= 11 is 0. The standard InChI is InChI=1S/C24H31N3O7/c1-2-33-21(31)18-19(29)20(30)26-22(25-18)24(10-6-7-15-28)11-13-27(14-12-24)23(32)34-16-17-8-4-3-5-9-17/h3-5,8-9,28-29H,2,6-7,10-16H2,1H3,(H,25,26,30). The summed E-state index contributed by atoms with van der Waals surface area (Å²) in [5.74, 6) is -1.39. The lowest BCUT2D eigenvalue weighted by atomic mass is 9.73. The Morgan fingerprint density at radius 1 is 1.15 bits per heavy atom. The minimum Gasteiger partial charge on any atom is -0.501 e. The fourth-order valence-corrected chi connectivity index (χ4v) is 4.17. The number of aromatic nitrogens is 2. The number of rotatable bonds is 9. The van der Waals surface area contributed by atoms with Crippen LogP contribution in [0.25, 0.3) is 0 Å². The van der Waals surface area contributed by atoms with Crippen molar-refractivity contribution in [3.8, 4) is 5.75 Å². The van der Waals surface area contributed by atoms with Crippen LogP contribution in [0, 0.1) is 0 Å². The number of ether oxygens (including phenoxy) is 2. The number of carbonyl (C=O) groups is 2. The van der Waals surface area contributed by atoms with E-state index in [0.717, 1.165) is 5.56 Å². The number of benzene rings is 1. The molecule has 0 radical (unpaired) electrons. The first-order chi connectivity index (χ1) is 16.4. The summed E-state index contributed by atoms with van der Waals surface area (Å²) in [6.07, 6.45) is 2.32. The number of aromatic amines is 1. The molecular formula is C24H31N3O7. The molecule has 1 aliphatic rings. The molecule has 0 saturated carbocycles. The lowest BCUT2D eigenvalue weighted by molar-refractivity contribution is 0.0513. The lowest BCUT2D eigenvalue weighted by Crippen LogP contribution is -2.46. The molecule has 1 amide bonds. The Morgan fingerprint density at radius 2 is 1.85 bits per heavy atom. The fourth-order valence-electron chi connectivity index (χ4n) is 4.17. The van der Waals surface area contributed by atoms with E-state index in [2.05, 4.69) is 9.97 Å². The molecule has 0 bridgehead atoms. The number of nitrogens with one attached hydrogen (secondary N) is 1. The van der Waals surface area contributed by atoms with E-state index in [9.17, 15) is 24.6 Å². The number of aromatic hydroxyl groups is 1. The van der Waals surface area contributed by atoms with Crippen LogP contribution in [0.3, 0.4) is 0 Å². The van der Waals surface area contributed by atoms with E-state index in [1.165, 1.54) is 0 Å². The predicted molar refractivity (Wildman–Crippen MR) is 123 cm³/mol. The molecule has 184 valence electrons. The SMILES string of the molecule is CCOC(=O)c1nc(C2(CCCCO)CCN(C(=O)OCc3ccccc3)CC2)[nH]c(=O)c1O. The van der Waals surface area contributed by atoms with Crippen molar-refractivity contribution in [1.82, 2.24) is 14.9 Å². The quantitative estimate of drug-likeness (QED) is 0.372. The molecule has 10 nitrogen and oxygen atoms in total. The van der Waals surface area contributed by atoms with Crippen LogP contribution in [0.15, 0.2) is 35.1 Å². The predicted octanol–water partition coefficient (Wildman–Crippen LogP) is 2.49. The van der Waals surface area contributed by atoms with Crippen molar-refractivity contribution >= 4 is 12.1 Å². The summed E-state index contributed by atoms with van der Waals surface area (Å²) < 4.78 is 10.4. The first-order valence-corrected chi connectivity index (χ1v) is 11.5. The van der Waals surface area contributed by atoms with Gasteiger partial charge in [-0.1, -0.05) is 36.8 Å². The van der Waals surface area contributed by atoms with Gasteiger partial charge in [-0.05, 0) is 38.2 Å². The van der Waals surface area contributed by atoms with Crippen LogP contribution in [-0.2, 0) is 21.5 Å². The van der Waals surface area contributed by atoms with Crippen molar-refractivity contribution < 1.29 is 29.3 Å². The van der Waals surface area contributed by atoms with Crippen LogP contribution in [-0.4, -0.2) is 63.4 Å². The van der Waals surface area contributed by atoms with Crippen molar-refractivity contribution in [3.63, 3.8) is 0 Å². The fraction of sp³-hybridized carbons (Fsp3) is 0.500. The number of esters is 1. The van der Waals surface area contributed by atoms with Crippen LogP contribution in [0.4, 0.5) is 4.79 Å². The van der Waals surface area contributed by atoms with E-state index in [4.69, 9.17) is 9.47 Å². The number of unbranched alkanes of at least 4 members (excludes halogenated alkanes) is 1. The lowest BCUT2D eigenvalue weighted by Gasteiger charge is -2.40. The minimum atomic E-state index is -0.875. The second-order valence-corrected chi connectivity index (χ2v) is 8.32. The Balaban J connectivity index is 1.78. The highest BCUT2D eigenvalue weighted by molar-refractivity contribution is 5.89. The second kappa shape index (κ2) is 11.6. The van der Waals surface area contributed by atoms with Gasteiger partial charge in [-0.2, -0.15) is 0 Å². The van der Waals surface area contributed by atoms with Gasteiger partial charge in [-0.15, -0.1) is 0 Å². The maximum atomic E-state index is 12.6. The zero-order valence-electron chi connectivity index (χ0n) is 19.3. The van der Waals surface area contributed by atoms with Crippen LogP contribution in [0.1, 0.15) is 60.9 Å². The Bertz CT molecular complexity index is 1030. The molecule has 1 aromatic carbocycles. The maximum absolute atomic E-state index is 12.6. The third kappa shape index (κ3) is 5.93. The van der Waals surface area contributed by atoms with Gasteiger partial charge >= 0.3 is 12.1 Å². The molecule has 10 heteroatoms. The third-order valence-electron chi connectivity index (χ3n) is 6.11. The summed E-state index contributed by atoms with van der Waals surface area (Å²) in [6.45, 7) is 2.63. The van der Waals surface area contributed by atoms with Crippen LogP contribution in [0.5, 0.6) is 5.75 Å². The molecule has 34 heavy (non-hydrogen) atoms. The number of piperidine rings is 1. The molecule has 3 rings (SSSR count). The molecule has 2 heterocycles. The van der Waals surface area contributed by atoms with Crippen LogP contribution >= 0.6 is 0 Å². The molecule has 0 atom stereocenters. The molecule has 3 N–H and O–H groups in total. The summed E-state index contributed by atoms with van der Waals surface area (Å²) in [4.78, 5) is 45.8. The van der Waals surface area contributed by atoms with Crippen molar-refractivity contribution in [2.75, 3.05) is 26.3 Å². The number of likely N-dealkylation sites (tertiary alicyclic amines) is 1. The summed E-state index contributed by atoms with van der Waals surface area (Å²) in [6, 6.07) is 9.40. The van der Waals surface area contributed by atoms with Crippen molar-refractivity contribution in [2.45, 2.75) is 51.0 Å². The topological polar surface area (TPSA) is 142 Å². The second-order valence-electron chi connectivity index (χ2n) is 8.32. The smallest absolute Gasteiger partial charge is 0.410 e. The molecule has 2 aromatic rings. The summed E-state index contributed by atoms with van der Waals surface area (Å²) in [7, 11) is 0. The Morgan fingerprint density at radius 3 is 2.50 bits per heavy atom. The number of H-pyrrole nitrogens is 1. The van der Waals surface area contributed by atoms with Gasteiger partial charge in [-0.25, -0.2) is 14.6 Å². The van der Waals surface area contributed by atoms with Gasteiger partial charge in [0, 0.05) is 25.1 Å². The van der Waals surface area contributed by atoms with Gasteiger partial charge in [0.25, 0.3) is 5.56 Å². The maximum Gasteiger partial charge on any atom is 0.410 e. The van der Waals surface area contributed by atoms with Crippen molar-refractivity contribution in [2.24, 2.45) is 0 Å². The molecule has 1 saturated heterocycles. The van der Waals surface area contributed by atoms with E-state index < -0.39 is 34.5 Å². The Hall–Kier alpha value is -3.40. The highest BCUT2D eigenvalue weighted by Crippen LogP contribution is 2.38. The zero-order valence-corrected chi connectivity index (χ0v) is 19.3. The molecule has 0 aliphatic carbocycles. The van der Waals surface area contributed by atoms with Crippen LogP contribution < -0.4 is 5.56 Å². The van der Waals surface area contributed by atoms with Gasteiger partial charge in [-0.3, -0.25) is 4.79 Å². The van der Waals surface area contributed by atoms with Crippen LogP contribution in [0.2, 0.25) is 0 Å². The molecule has 1 fully saturated rings. The van der Waals surface area contributed by atoms with E-state index in [1.807, 2.05) is 30.3 Å². The largest absolute Gasteiger partial charge is 0.501 e. The van der Waals surface area contributed by atoms with E-state index in [0.29, 0.717) is 45.2 Å². The molecule has 1 aliphatic heterocycles. The van der Waals surface area contributed by atoms with Crippen molar-refractivity contribution in [3.05, 3.63) is 57.8 Å². The van der Waals surface area contributed by atoms with Gasteiger partial charge in [0.1, 0.15) is 12.4 Å². The number of aliphatic hydroxyl groups excluding tert-OH is 1. The molecule has 1 aromatic heterocycles. The van der Waals surface area contributed by atoms with E-state index in [-0.39, 0.29) is 25.6 Å². The minimum absolute atomic E-state index is 0.0294. The first-order valence-electron chi connectivity index (χ1n) is 11.5. The Labute approximate surface area is 197 Å². The average Bonchev–Trinajstić information content (AvgIpc) is 2.85. The number of aliphatic hydroxyl groups is 1. The van der Waals surface area contributed by atoms with E-state index >= 15 is 0 Å². The first kappa shape index (κ1) is 25.2. The van der Waals surface area contributed by atoms with Gasteiger partial charge in [0.15, 0.2) is 5.69 Å². The highest BCUT2D eigenvalue weighted by atomic mass is 16.6. The highest BCUT2D eigenvalue weighted by Gasteiger charge is 2.40. The van der Waals surface area contributed by atoms with Gasteiger partial charge in [0.05, 0.1) is 6.61 Å². The normalized spacial score (nSPS) is 15.1. The number of carbonyl (C=O) groups excluding carboxylic acids is 2. The number of nitrogens with zero attached hydrogens (tertiary/aromatic N) is 2. The number of amides is 1. The summed E-state index contributed by atoms with van der Waals surface area (Å²) in [5, 5.41) is 19.3. The molecule has 0 unspecified atom stereocenters. The van der Waals surface area contributed by atoms with Gasteiger partial charge in [0.2, 0.25) is 5.75 Å². The number of hydrogen-bond acceptors (Lipinski definition) is 8.